The maximum absolute atomic E-state index is 9.03. The highest BCUT2D eigenvalue weighted by atomic mass is 15.3. The summed E-state index contributed by atoms with van der Waals surface area (Å²) in [7, 11) is 0. The molecule has 6 heteroatoms. The van der Waals surface area contributed by atoms with Gasteiger partial charge < -0.3 is 4.98 Å². The molecule has 3 aromatic rings. The second kappa shape index (κ2) is 5.98. The second-order valence-electron chi connectivity index (χ2n) is 5.82. The van der Waals surface area contributed by atoms with E-state index in [4.69, 9.17) is 5.26 Å². The maximum atomic E-state index is 9.03. The molecule has 1 N–H and O–H groups in total. The molecule has 0 aromatic carbocycles. The van der Waals surface area contributed by atoms with E-state index < -0.39 is 0 Å². The molecule has 6 nitrogen and oxygen atoms in total. The Bertz CT molecular complexity index is 807. The molecule has 0 aliphatic rings. The summed E-state index contributed by atoms with van der Waals surface area (Å²) >= 11 is 0. The van der Waals surface area contributed by atoms with E-state index in [1.165, 1.54) is 0 Å². The summed E-state index contributed by atoms with van der Waals surface area (Å²) in [5, 5.41) is 14.5. The van der Waals surface area contributed by atoms with Gasteiger partial charge in [-0.15, -0.1) is 0 Å². The van der Waals surface area contributed by atoms with E-state index in [1.807, 2.05) is 23.1 Å². The fourth-order valence-electron chi connectivity index (χ4n) is 2.70. The summed E-state index contributed by atoms with van der Waals surface area (Å²) in [6.07, 6.45) is 8.57. The lowest BCUT2D eigenvalue weighted by Crippen LogP contribution is -2.11. The van der Waals surface area contributed by atoms with Gasteiger partial charge in [0.15, 0.2) is 0 Å². The van der Waals surface area contributed by atoms with Crippen LogP contribution in [0.1, 0.15) is 32.7 Å². The van der Waals surface area contributed by atoms with Gasteiger partial charge in [0.05, 0.1) is 30.4 Å². The molecule has 3 heterocycles. The van der Waals surface area contributed by atoms with Crippen LogP contribution < -0.4 is 0 Å². The minimum atomic E-state index is 0.0994. The molecule has 0 aliphatic heterocycles. The summed E-state index contributed by atoms with van der Waals surface area (Å²) in [5.41, 5.74) is 2.62. The second-order valence-corrected chi connectivity index (χ2v) is 5.82. The quantitative estimate of drug-likeness (QED) is 0.782. The number of nitrogens with one attached hydrogen (secondary N) is 1. The van der Waals surface area contributed by atoms with Crippen LogP contribution in [-0.2, 0) is 0 Å². The number of nitriles is 1. The molecule has 0 radical (unpaired) electrons. The fraction of sp³-hybridized carbons (Fsp3) is 0.375. The number of fused-ring (bicyclic) bond motifs is 1. The first-order valence-corrected chi connectivity index (χ1v) is 7.38. The molecule has 0 spiro atoms. The summed E-state index contributed by atoms with van der Waals surface area (Å²) in [5.74, 6) is 0.515. The molecule has 0 fully saturated rings. The highest BCUT2D eigenvalue weighted by molar-refractivity contribution is 5.89. The van der Waals surface area contributed by atoms with Crippen molar-refractivity contribution in [2.45, 2.75) is 32.7 Å². The van der Waals surface area contributed by atoms with Crippen molar-refractivity contribution in [3.8, 4) is 17.3 Å². The van der Waals surface area contributed by atoms with Gasteiger partial charge in [-0.2, -0.15) is 10.4 Å². The standard InChI is InChI=1S/C16H18N6/c1-11(2)7-13(3-5-17)22-9-12(8-21-22)15-14-4-6-18-16(14)20-10-19-15/h4,6,8-11,13H,3,7H2,1-2H3,(H,18,19,20)/t13-/m1/s1. The Morgan fingerprint density at radius 1 is 1.36 bits per heavy atom. The van der Waals surface area contributed by atoms with Crippen molar-refractivity contribution in [2.24, 2.45) is 5.92 Å². The van der Waals surface area contributed by atoms with E-state index in [1.54, 1.807) is 12.5 Å². The van der Waals surface area contributed by atoms with E-state index in [0.29, 0.717) is 12.3 Å². The average Bonchev–Trinajstić information content (AvgIpc) is 3.15. The molecule has 0 unspecified atom stereocenters. The topological polar surface area (TPSA) is 83.2 Å². The van der Waals surface area contributed by atoms with Crippen LogP contribution in [0.4, 0.5) is 0 Å². The third-order valence-electron chi connectivity index (χ3n) is 3.67. The minimum absolute atomic E-state index is 0.0994. The number of nitrogens with zero attached hydrogens (tertiary/aromatic N) is 5. The molecule has 112 valence electrons. The number of aromatic amines is 1. The number of hydrogen-bond acceptors (Lipinski definition) is 4. The molecule has 3 aromatic heterocycles. The largest absolute Gasteiger partial charge is 0.346 e. The number of H-pyrrole nitrogens is 1. The van der Waals surface area contributed by atoms with Gasteiger partial charge >= 0.3 is 0 Å². The van der Waals surface area contributed by atoms with Crippen LogP contribution in [0.2, 0.25) is 0 Å². The molecule has 3 rings (SSSR count). The van der Waals surface area contributed by atoms with Crippen LogP contribution >= 0.6 is 0 Å². The van der Waals surface area contributed by atoms with Crippen LogP contribution in [0.3, 0.4) is 0 Å². The Labute approximate surface area is 128 Å². The van der Waals surface area contributed by atoms with Crippen molar-refractivity contribution in [2.75, 3.05) is 0 Å². The highest BCUT2D eigenvalue weighted by Gasteiger charge is 2.16. The van der Waals surface area contributed by atoms with Crippen molar-refractivity contribution in [1.82, 2.24) is 24.7 Å². The molecule has 0 saturated heterocycles. The molecule has 0 amide bonds. The van der Waals surface area contributed by atoms with Gasteiger partial charge in [-0.3, -0.25) is 4.68 Å². The number of rotatable bonds is 5. The molecule has 0 saturated carbocycles. The molecule has 22 heavy (non-hydrogen) atoms. The first-order valence-electron chi connectivity index (χ1n) is 7.38. The monoisotopic (exact) mass is 294 g/mol. The summed E-state index contributed by atoms with van der Waals surface area (Å²) < 4.78 is 1.89. The van der Waals surface area contributed by atoms with E-state index in [-0.39, 0.29) is 6.04 Å². The predicted molar refractivity (Wildman–Crippen MR) is 83.8 cm³/mol. The minimum Gasteiger partial charge on any atom is -0.346 e. The van der Waals surface area contributed by atoms with Gasteiger partial charge in [-0.25, -0.2) is 9.97 Å². The summed E-state index contributed by atoms with van der Waals surface area (Å²) in [6.45, 7) is 4.31. The Kier molecular flexibility index (Phi) is 3.88. The molecular weight excluding hydrogens is 276 g/mol. The highest BCUT2D eigenvalue weighted by Crippen LogP contribution is 2.27. The fourth-order valence-corrected chi connectivity index (χ4v) is 2.70. The van der Waals surface area contributed by atoms with Crippen molar-refractivity contribution < 1.29 is 0 Å². The van der Waals surface area contributed by atoms with Crippen LogP contribution in [0.15, 0.2) is 31.0 Å². The summed E-state index contributed by atoms with van der Waals surface area (Å²) in [6, 6.07) is 4.32. The van der Waals surface area contributed by atoms with Crippen LogP contribution in [0.25, 0.3) is 22.3 Å². The van der Waals surface area contributed by atoms with E-state index >= 15 is 0 Å². The lowest BCUT2D eigenvalue weighted by molar-refractivity contribution is 0.377. The van der Waals surface area contributed by atoms with Gasteiger partial charge in [-0.05, 0) is 18.4 Å². The van der Waals surface area contributed by atoms with E-state index in [0.717, 1.165) is 28.7 Å². The maximum Gasteiger partial charge on any atom is 0.141 e. The molecule has 0 aliphatic carbocycles. The zero-order valence-electron chi connectivity index (χ0n) is 12.7. The summed E-state index contributed by atoms with van der Waals surface area (Å²) in [4.78, 5) is 11.7. The third-order valence-corrected chi connectivity index (χ3v) is 3.67. The van der Waals surface area contributed by atoms with Crippen molar-refractivity contribution in [1.29, 1.82) is 5.26 Å². The Morgan fingerprint density at radius 3 is 3.00 bits per heavy atom. The number of aromatic nitrogens is 5. The van der Waals surface area contributed by atoms with Gasteiger partial charge in [0, 0.05) is 23.3 Å². The first kappa shape index (κ1) is 14.3. The predicted octanol–water partition coefficient (Wildman–Crippen LogP) is 3.32. The lowest BCUT2D eigenvalue weighted by Gasteiger charge is -2.16. The zero-order chi connectivity index (χ0) is 15.5. The SMILES string of the molecule is CC(C)C[C@@H](CC#N)n1cc(-c2ncnc3[nH]ccc23)cn1. The van der Waals surface area contributed by atoms with Gasteiger partial charge in [0.25, 0.3) is 0 Å². The Balaban J connectivity index is 1.96. The average molecular weight is 294 g/mol. The lowest BCUT2D eigenvalue weighted by atomic mass is 10.0. The van der Waals surface area contributed by atoms with Gasteiger partial charge in [-0.1, -0.05) is 13.8 Å². The Morgan fingerprint density at radius 2 is 2.23 bits per heavy atom. The van der Waals surface area contributed by atoms with Crippen LogP contribution in [0.5, 0.6) is 0 Å². The van der Waals surface area contributed by atoms with Gasteiger partial charge in [0.2, 0.25) is 0 Å². The smallest absolute Gasteiger partial charge is 0.141 e. The van der Waals surface area contributed by atoms with Crippen molar-refractivity contribution in [3.05, 3.63) is 31.0 Å². The normalized spacial score (nSPS) is 12.6. The van der Waals surface area contributed by atoms with Crippen LogP contribution in [-0.4, -0.2) is 24.7 Å². The van der Waals surface area contributed by atoms with Crippen LogP contribution in [0, 0.1) is 17.2 Å². The number of hydrogen-bond donors (Lipinski definition) is 1. The molecule has 0 bridgehead atoms. The molecular formula is C16H18N6. The molecule has 1 atom stereocenters. The van der Waals surface area contributed by atoms with Crippen molar-refractivity contribution in [3.63, 3.8) is 0 Å². The first-order chi connectivity index (χ1) is 10.7. The van der Waals surface area contributed by atoms with E-state index in [9.17, 15) is 0 Å². The third kappa shape index (κ3) is 2.70. The Hall–Kier alpha value is -2.68. The zero-order valence-corrected chi connectivity index (χ0v) is 12.7. The van der Waals surface area contributed by atoms with Gasteiger partial charge in [0.1, 0.15) is 12.0 Å². The van der Waals surface area contributed by atoms with E-state index in [2.05, 4.69) is 40.0 Å². The van der Waals surface area contributed by atoms with Crippen molar-refractivity contribution >= 4 is 11.0 Å².